The first-order chi connectivity index (χ1) is 11.3. The van der Waals surface area contributed by atoms with Crippen molar-refractivity contribution in [2.24, 2.45) is 0 Å². The molecule has 1 amide bonds. The van der Waals surface area contributed by atoms with Gasteiger partial charge in [0.2, 0.25) is 5.91 Å². The van der Waals surface area contributed by atoms with Gasteiger partial charge < -0.3 is 5.32 Å². The second kappa shape index (κ2) is 6.41. The predicted octanol–water partition coefficient (Wildman–Crippen LogP) is 4.45. The predicted molar refractivity (Wildman–Crippen MR) is 95.4 cm³/mol. The highest BCUT2D eigenvalue weighted by molar-refractivity contribution is 6.00. The Balaban J connectivity index is 2.21. The Morgan fingerprint density at radius 2 is 1.65 bits per heavy atom. The van der Waals surface area contributed by atoms with E-state index < -0.39 is 5.41 Å². The molecule has 0 fully saturated rings. The third kappa shape index (κ3) is 2.39. The van der Waals surface area contributed by atoms with Gasteiger partial charge in [0.05, 0.1) is 0 Å². The number of allylic oxidation sites excluding steroid dienone is 1. The minimum absolute atomic E-state index is 0.110. The summed E-state index contributed by atoms with van der Waals surface area (Å²) >= 11 is 0. The van der Waals surface area contributed by atoms with E-state index in [1.807, 2.05) is 30.3 Å². The number of carbonyl (C=O) groups is 1. The van der Waals surface area contributed by atoms with Crippen LogP contribution in [0.4, 0.5) is 0 Å². The molecule has 0 saturated heterocycles. The Hall–Kier alpha value is -2.35. The number of amides is 1. The summed E-state index contributed by atoms with van der Waals surface area (Å²) in [6.45, 7) is 6.64. The summed E-state index contributed by atoms with van der Waals surface area (Å²) in [6, 6.07) is 16.6. The number of hydrogen-bond acceptors (Lipinski definition) is 1. The lowest BCUT2D eigenvalue weighted by Crippen LogP contribution is -2.44. The molecule has 23 heavy (non-hydrogen) atoms. The number of benzene rings is 2. The van der Waals surface area contributed by atoms with Gasteiger partial charge in [0, 0.05) is 6.54 Å². The van der Waals surface area contributed by atoms with E-state index >= 15 is 0 Å². The molecule has 2 aromatic carbocycles. The van der Waals surface area contributed by atoms with Crippen LogP contribution >= 0.6 is 0 Å². The normalized spacial score (nSPS) is 14.0. The highest BCUT2D eigenvalue weighted by atomic mass is 16.2. The van der Waals surface area contributed by atoms with E-state index in [-0.39, 0.29) is 5.91 Å². The van der Waals surface area contributed by atoms with E-state index in [1.165, 1.54) is 11.1 Å². The van der Waals surface area contributed by atoms with Crippen LogP contribution in [0.15, 0.2) is 61.2 Å². The van der Waals surface area contributed by atoms with Gasteiger partial charge in [-0.25, -0.2) is 0 Å². The first-order valence-electron chi connectivity index (χ1n) is 8.34. The van der Waals surface area contributed by atoms with E-state index in [2.05, 4.69) is 43.1 Å². The number of rotatable bonds is 6. The Morgan fingerprint density at radius 3 is 2.17 bits per heavy atom. The van der Waals surface area contributed by atoms with Crippen LogP contribution < -0.4 is 5.32 Å². The van der Waals surface area contributed by atoms with Gasteiger partial charge in [-0.1, -0.05) is 61.5 Å². The smallest absolute Gasteiger partial charge is 0.235 e. The van der Waals surface area contributed by atoms with Crippen LogP contribution in [0.3, 0.4) is 0 Å². The molecular formula is C21H23NO. The Bertz CT molecular complexity index is 687. The van der Waals surface area contributed by atoms with Crippen molar-refractivity contribution in [3.8, 4) is 11.1 Å². The molecule has 1 N–H and O–H groups in total. The van der Waals surface area contributed by atoms with E-state index in [1.54, 1.807) is 0 Å². The minimum Gasteiger partial charge on any atom is -0.355 e. The summed E-state index contributed by atoms with van der Waals surface area (Å²) in [5.41, 5.74) is 4.00. The molecule has 2 nitrogen and oxygen atoms in total. The molecule has 2 aromatic rings. The first kappa shape index (κ1) is 15.5. The van der Waals surface area contributed by atoms with Crippen LogP contribution in [-0.2, 0) is 10.2 Å². The van der Waals surface area contributed by atoms with Crippen molar-refractivity contribution in [1.82, 2.24) is 5.32 Å². The second-order valence-corrected chi connectivity index (χ2v) is 6.08. The molecule has 0 radical (unpaired) electrons. The van der Waals surface area contributed by atoms with Crippen molar-refractivity contribution < 1.29 is 4.79 Å². The van der Waals surface area contributed by atoms with Crippen LogP contribution in [0.5, 0.6) is 0 Å². The fourth-order valence-electron chi connectivity index (χ4n) is 3.66. The molecule has 0 heterocycles. The SMILES string of the molecule is C=CCCC1(C(=O)NCCC)c2ccccc2-c2ccccc21. The fraction of sp³-hybridized carbons (Fsp3) is 0.286. The minimum atomic E-state index is -0.601. The van der Waals surface area contributed by atoms with Gasteiger partial charge in [-0.3, -0.25) is 4.79 Å². The number of nitrogens with one attached hydrogen (secondary N) is 1. The van der Waals surface area contributed by atoms with Crippen molar-refractivity contribution in [2.75, 3.05) is 6.54 Å². The average Bonchev–Trinajstić information content (AvgIpc) is 2.89. The second-order valence-electron chi connectivity index (χ2n) is 6.08. The lowest BCUT2D eigenvalue weighted by molar-refractivity contribution is -0.125. The van der Waals surface area contributed by atoms with Crippen molar-refractivity contribution in [2.45, 2.75) is 31.6 Å². The van der Waals surface area contributed by atoms with Gasteiger partial charge in [0.25, 0.3) is 0 Å². The Kier molecular flexibility index (Phi) is 4.33. The van der Waals surface area contributed by atoms with Gasteiger partial charge in [-0.05, 0) is 41.5 Å². The number of carbonyl (C=O) groups excluding carboxylic acids is 1. The molecule has 1 aliphatic rings. The lowest BCUT2D eigenvalue weighted by atomic mass is 9.73. The summed E-state index contributed by atoms with van der Waals surface area (Å²) in [5.74, 6) is 0.110. The summed E-state index contributed by atoms with van der Waals surface area (Å²) in [6.07, 6.45) is 4.40. The molecule has 0 spiro atoms. The van der Waals surface area contributed by atoms with Crippen molar-refractivity contribution >= 4 is 5.91 Å². The highest BCUT2D eigenvalue weighted by Crippen LogP contribution is 2.51. The molecule has 0 unspecified atom stereocenters. The van der Waals surface area contributed by atoms with Crippen LogP contribution in [0.2, 0.25) is 0 Å². The molecule has 2 heteroatoms. The number of hydrogen-bond donors (Lipinski definition) is 1. The van der Waals surface area contributed by atoms with Gasteiger partial charge >= 0.3 is 0 Å². The fourth-order valence-corrected chi connectivity index (χ4v) is 3.66. The maximum Gasteiger partial charge on any atom is 0.235 e. The zero-order chi connectivity index (χ0) is 16.3. The molecule has 0 aromatic heterocycles. The molecule has 0 bridgehead atoms. The van der Waals surface area contributed by atoms with Gasteiger partial charge in [0.1, 0.15) is 5.41 Å². The third-order valence-electron chi connectivity index (χ3n) is 4.71. The first-order valence-corrected chi connectivity index (χ1v) is 8.34. The lowest BCUT2D eigenvalue weighted by Gasteiger charge is -2.30. The van der Waals surface area contributed by atoms with Crippen LogP contribution in [0.25, 0.3) is 11.1 Å². The van der Waals surface area contributed by atoms with Crippen molar-refractivity contribution in [1.29, 1.82) is 0 Å². The zero-order valence-electron chi connectivity index (χ0n) is 13.6. The largest absolute Gasteiger partial charge is 0.355 e. The Morgan fingerprint density at radius 1 is 1.09 bits per heavy atom. The number of fused-ring (bicyclic) bond motifs is 3. The van der Waals surface area contributed by atoms with Gasteiger partial charge in [0.15, 0.2) is 0 Å². The van der Waals surface area contributed by atoms with Crippen LogP contribution in [0.1, 0.15) is 37.3 Å². The summed E-state index contributed by atoms with van der Waals surface area (Å²) in [4.78, 5) is 13.2. The molecule has 1 aliphatic carbocycles. The van der Waals surface area contributed by atoms with Crippen molar-refractivity contribution in [3.05, 3.63) is 72.3 Å². The van der Waals surface area contributed by atoms with Crippen molar-refractivity contribution in [3.63, 3.8) is 0 Å². The van der Waals surface area contributed by atoms with Crippen LogP contribution in [0, 0.1) is 0 Å². The van der Waals surface area contributed by atoms with E-state index in [4.69, 9.17) is 0 Å². The summed E-state index contributed by atoms with van der Waals surface area (Å²) in [5, 5.41) is 3.13. The molecule has 0 aliphatic heterocycles. The molecule has 118 valence electrons. The monoisotopic (exact) mass is 305 g/mol. The molecular weight excluding hydrogens is 282 g/mol. The topological polar surface area (TPSA) is 29.1 Å². The van der Waals surface area contributed by atoms with E-state index in [9.17, 15) is 4.79 Å². The van der Waals surface area contributed by atoms with Gasteiger partial charge in [-0.15, -0.1) is 6.58 Å². The summed E-state index contributed by atoms with van der Waals surface area (Å²) in [7, 11) is 0. The zero-order valence-corrected chi connectivity index (χ0v) is 13.6. The molecule has 0 saturated carbocycles. The maximum atomic E-state index is 13.2. The standard InChI is InChI=1S/C21H23NO/c1-3-5-14-21(20(23)22-15-4-2)18-12-8-6-10-16(18)17-11-7-9-13-19(17)21/h3,6-13H,1,4-5,14-15H2,2H3,(H,22,23). The molecule has 3 rings (SSSR count). The van der Waals surface area contributed by atoms with Gasteiger partial charge in [-0.2, -0.15) is 0 Å². The van der Waals surface area contributed by atoms with Crippen LogP contribution in [-0.4, -0.2) is 12.5 Å². The highest BCUT2D eigenvalue weighted by Gasteiger charge is 2.47. The summed E-state index contributed by atoms with van der Waals surface area (Å²) < 4.78 is 0. The average molecular weight is 305 g/mol. The van der Waals surface area contributed by atoms with E-state index in [0.717, 1.165) is 30.4 Å². The maximum absolute atomic E-state index is 13.2. The quantitative estimate of drug-likeness (QED) is 0.785. The Labute approximate surface area is 138 Å². The van der Waals surface area contributed by atoms with E-state index in [0.29, 0.717) is 6.54 Å². The molecule has 0 atom stereocenters. The third-order valence-corrected chi connectivity index (χ3v) is 4.71.